The van der Waals surface area contributed by atoms with Gasteiger partial charge in [-0.3, -0.25) is 14.6 Å². The highest BCUT2D eigenvalue weighted by atomic mass is 79.9. The number of nitrogens with one attached hydrogen (secondary N) is 1. The highest BCUT2D eigenvalue weighted by Crippen LogP contribution is 2.27. The highest BCUT2D eigenvalue weighted by molar-refractivity contribution is 9.10. The monoisotopic (exact) mass is 619 g/mol. The Balaban J connectivity index is 0.00000370. The number of carbonyl (C=O) groups is 1. The first-order chi connectivity index (χ1) is 18.9. The molecule has 2 fully saturated rings. The SMILES string of the molecule is O=C(NCc1ccc(Br)cc1)c1cnc(N2CCN(C3CCN(Cc4ccc(F)c(F)c4)CC3)CC2)c(Cl)c1.[HH]. The number of aromatic nitrogens is 1. The van der Waals surface area contributed by atoms with Crippen molar-refractivity contribution < 1.29 is 15.0 Å². The third-order valence-electron chi connectivity index (χ3n) is 7.53. The molecule has 0 bridgehead atoms. The van der Waals surface area contributed by atoms with E-state index in [1.54, 1.807) is 18.3 Å². The van der Waals surface area contributed by atoms with Crippen molar-refractivity contribution >= 4 is 39.3 Å². The van der Waals surface area contributed by atoms with Crippen LogP contribution in [0.3, 0.4) is 0 Å². The van der Waals surface area contributed by atoms with Crippen LogP contribution in [-0.2, 0) is 13.1 Å². The first kappa shape index (κ1) is 28.0. The number of rotatable bonds is 7. The number of pyridine rings is 1. The van der Waals surface area contributed by atoms with Crippen LogP contribution in [0.15, 0.2) is 59.2 Å². The molecule has 0 unspecified atom stereocenters. The number of piperidine rings is 1. The summed E-state index contributed by atoms with van der Waals surface area (Å²) in [5.41, 5.74) is 2.25. The smallest absolute Gasteiger partial charge is 0.253 e. The van der Waals surface area contributed by atoms with E-state index in [4.69, 9.17) is 11.6 Å². The van der Waals surface area contributed by atoms with Gasteiger partial charge in [-0.15, -0.1) is 0 Å². The van der Waals surface area contributed by atoms with Gasteiger partial charge in [-0.1, -0.05) is 45.7 Å². The van der Waals surface area contributed by atoms with Crippen molar-refractivity contribution in [1.82, 2.24) is 20.1 Å². The minimum atomic E-state index is -0.804. The summed E-state index contributed by atoms with van der Waals surface area (Å²) >= 11 is 9.99. The summed E-state index contributed by atoms with van der Waals surface area (Å²) < 4.78 is 27.7. The summed E-state index contributed by atoms with van der Waals surface area (Å²) in [7, 11) is 0. The molecule has 2 aromatic carbocycles. The van der Waals surface area contributed by atoms with Gasteiger partial charge in [0.15, 0.2) is 11.6 Å². The minimum Gasteiger partial charge on any atom is -0.353 e. The van der Waals surface area contributed by atoms with Gasteiger partial charge in [-0.2, -0.15) is 0 Å². The molecule has 1 amide bonds. The zero-order chi connectivity index (χ0) is 27.4. The van der Waals surface area contributed by atoms with Crippen molar-refractivity contribution in [3.05, 3.63) is 92.5 Å². The normalized spacial score (nSPS) is 17.4. The topological polar surface area (TPSA) is 51.7 Å². The van der Waals surface area contributed by atoms with Gasteiger partial charge < -0.3 is 10.2 Å². The Hall–Kier alpha value is -2.59. The summed E-state index contributed by atoms with van der Waals surface area (Å²) in [6.07, 6.45) is 3.69. The van der Waals surface area contributed by atoms with Crippen LogP contribution >= 0.6 is 27.5 Å². The molecule has 2 aliphatic rings. The number of nitrogens with zero attached hydrogens (tertiary/aromatic N) is 4. The van der Waals surface area contributed by atoms with Gasteiger partial charge in [0.2, 0.25) is 0 Å². The molecule has 2 saturated heterocycles. The summed E-state index contributed by atoms with van der Waals surface area (Å²) in [4.78, 5) is 24.2. The molecule has 39 heavy (non-hydrogen) atoms. The van der Waals surface area contributed by atoms with E-state index >= 15 is 0 Å². The van der Waals surface area contributed by atoms with Crippen LogP contribution < -0.4 is 10.2 Å². The Morgan fingerprint density at radius 2 is 1.67 bits per heavy atom. The van der Waals surface area contributed by atoms with Gasteiger partial charge in [0.25, 0.3) is 5.91 Å². The fourth-order valence-corrected chi connectivity index (χ4v) is 5.86. The second kappa shape index (κ2) is 12.7. The molecule has 6 nitrogen and oxygen atoms in total. The third-order valence-corrected chi connectivity index (χ3v) is 8.33. The minimum absolute atomic E-state index is 0. The number of piperazine rings is 1. The summed E-state index contributed by atoms with van der Waals surface area (Å²) in [5.74, 6) is -1.09. The number of amides is 1. The highest BCUT2D eigenvalue weighted by Gasteiger charge is 2.28. The average molecular weight is 621 g/mol. The molecule has 3 heterocycles. The number of benzene rings is 2. The second-order valence-corrected chi connectivity index (χ2v) is 11.4. The average Bonchev–Trinajstić information content (AvgIpc) is 2.95. The molecule has 1 aromatic heterocycles. The lowest BCUT2D eigenvalue weighted by Crippen LogP contribution is -2.53. The van der Waals surface area contributed by atoms with E-state index in [-0.39, 0.29) is 7.33 Å². The van der Waals surface area contributed by atoms with Gasteiger partial charge in [-0.25, -0.2) is 13.8 Å². The van der Waals surface area contributed by atoms with Gasteiger partial charge in [0.05, 0.1) is 10.6 Å². The van der Waals surface area contributed by atoms with Crippen molar-refractivity contribution in [2.24, 2.45) is 0 Å². The second-order valence-electron chi connectivity index (χ2n) is 10.1. The predicted molar refractivity (Wildman–Crippen MR) is 155 cm³/mol. The lowest BCUT2D eigenvalue weighted by atomic mass is 10.0. The molecular weight excluding hydrogens is 588 g/mol. The molecule has 0 radical (unpaired) electrons. The van der Waals surface area contributed by atoms with Crippen molar-refractivity contribution in [2.45, 2.75) is 32.0 Å². The first-order valence-electron chi connectivity index (χ1n) is 13.2. The lowest BCUT2D eigenvalue weighted by molar-refractivity contribution is 0.0950. The Morgan fingerprint density at radius 3 is 2.33 bits per heavy atom. The van der Waals surface area contributed by atoms with E-state index in [1.165, 1.54) is 12.1 Å². The summed E-state index contributed by atoms with van der Waals surface area (Å²) in [6.45, 7) is 6.40. The molecule has 5 rings (SSSR count). The number of carbonyl (C=O) groups excluding carboxylic acids is 1. The molecular formula is C29H33BrClF2N5O. The number of halogens is 4. The van der Waals surface area contributed by atoms with Crippen molar-refractivity contribution in [1.29, 1.82) is 0 Å². The van der Waals surface area contributed by atoms with Gasteiger partial charge in [-0.05, 0) is 67.4 Å². The molecule has 0 saturated carbocycles. The van der Waals surface area contributed by atoms with Crippen molar-refractivity contribution in [3.63, 3.8) is 0 Å². The van der Waals surface area contributed by atoms with E-state index in [1.807, 2.05) is 24.3 Å². The summed E-state index contributed by atoms with van der Waals surface area (Å²) in [5, 5.41) is 3.39. The maximum absolute atomic E-state index is 13.5. The van der Waals surface area contributed by atoms with Crippen LogP contribution in [0.1, 0.15) is 35.8 Å². The zero-order valence-corrected chi connectivity index (χ0v) is 23.9. The zero-order valence-electron chi connectivity index (χ0n) is 21.6. The van der Waals surface area contributed by atoms with Crippen LogP contribution in [0.4, 0.5) is 14.6 Å². The number of likely N-dealkylation sites (tertiary alicyclic amines) is 1. The van der Waals surface area contributed by atoms with Crippen molar-refractivity contribution in [3.8, 4) is 0 Å². The molecule has 10 heteroatoms. The third kappa shape index (κ3) is 7.14. The van der Waals surface area contributed by atoms with E-state index in [0.29, 0.717) is 35.5 Å². The van der Waals surface area contributed by atoms with Crippen LogP contribution in [0.25, 0.3) is 0 Å². The van der Waals surface area contributed by atoms with E-state index < -0.39 is 11.6 Å². The van der Waals surface area contributed by atoms with Crippen LogP contribution in [0.2, 0.25) is 5.02 Å². The molecule has 0 aliphatic carbocycles. The number of hydrogen-bond donors (Lipinski definition) is 1. The Kier molecular flexibility index (Phi) is 9.12. The molecule has 2 aliphatic heterocycles. The fraction of sp³-hybridized carbons (Fsp3) is 0.379. The van der Waals surface area contributed by atoms with Crippen LogP contribution in [-0.4, -0.2) is 66.0 Å². The molecule has 208 valence electrons. The van der Waals surface area contributed by atoms with Gasteiger partial charge >= 0.3 is 0 Å². The summed E-state index contributed by atoms with van der Waals surface area (Å²) in [6, 6.07) is 14.1. The lowest BCUT2D eigenvalue weighted by Gasteiger charge is -2.43. The van der Waals surface area contributed by atoms with Crippen LogP contribution in [0.5, 0.6) is 0 Å². The standard InChI is InChI=1S/C29H31BrClF2N5O.H2/c30-23-4-1-20(2-5-23)17-35-29(39)22-16-25(31)28(34-18-22)38-13-11-37(12-14-38)24-7-9-36(10-8-24)19-21-3-6-26(32)27(33)15-21;/h1-6,15-16,18,24H,7-14,17,19H2,(H,35,39);1H. The molecule has 0 spiro atoms. The largest absolute Gasteiger partial charge is 0.353 e. The first-order valence-corrected chi connectivity index (χ1v) is 14.4. The van der Waals surface area contributed by atoms with E-state index in [2.05, 4.69) is 40.9 Å². The van der Waals surface area contributed by atoms with Crippen LogP contribution in [0, 0.1) is 11.6 Å². The molecule has 3 aromatic rings. The maximum atomic E-state index is 13.5. The Labute approximate surface area is 242 Å². The molecule has 0 atom stereocenters. The molecule has 1 N–H and O–H groups in total. The quantitative estimate of drug-likeness (QED) is 0.365. The predicted octanol–water partition coefficient (Wildman–Crippen LogP) is 5.74. The van der Waals surface area contributed by atoms with E-state index in [9.17, 15) is 13.6 Å². The van der Waals surface area contributed by atoms with Gasteiger partial charge in [0.1, 0.15) is 5.82 Å². The Bertz CT molecular complexity index is 1300. The van der Waals surface area contributed by atoms with Crippen molar-refractivity contribution in [2.75, 3.05) is 44.2 Å². The number of hydrogen-bond acceptors (Lipinski definition) is 5. The van der Waals surface area contributed by atoms with Gasteiger partial charge in [0, 0.05) is 57.4 Å². The fourth-order valence-electron chi connectivity index (χ4n) is 5.31. The maximum Gasteiger partial charge on any atom is 0.253 e. The Morgan fingerprint density at radius 1 is 0.974 bits per heavy atom. The van der Waals surface area contributed by atoms with E-state index in [0.717, 1.165) is 67.7 Å². The number of anilines is 1.